The highest BCUT2D eigenvalue weighted by atomic mass is 16.5. The molecule has 29 heavy (non-hydrogen) atoms. The number of rotatable bonds is 8. The van der Waals surface area contributed by atoms with Crippen LogP contribution in [0.2, 0.25) is 0 Å². The molecule has 4 amide bonds. The van der Waals surface area contributed by atoms with Crippen LogP contribution in [0.15, 0.2) is 54.6 Å². The van der Waals surface area contributed by atoms with Crippen molar-refractivity contribution in [1.29, 1.82) is 0 Å². The van der Waals surface area contributed by atoms with Crippen LogP contribution in [0.3, 0.4) is 0 Å². The fraction of sp³-hybridized carbons (Fsp3) is 0.318. The molecule has 1 aliphatic rings. The number of urea groups is 1. The molecule has 152 valence electrons. The van der Waals surface area contributed by atoms with Gasteiger partial charge in [0.2, 0.25) is 5.91 Å². The summed E-state index contributed by atoms with van der Waals surface area (Å²) in [6.45, 7) is 1.74. The molecule has 0 aromatic heterocycles. The minimum Gasteiger partial charge on any atom is -0.497 e. The molecule has 7 nitrogen and oxygen atoms in total. The smallest absolute Gasteiger partial charge is 0.325 e. The SMILES string of the molecule is COc1ccc(CC[C@]2(C)NC(=O)N(CC(=O)NCc3ccccc3)C2=O)cc1. The van der Waals surface area contributed by atoms with Gasteiger partial charge in [-0.2, -0.15) is 0 Å². The third-order valence-electron chi connectivity index (χ3n) is 5.05. The summed E-state index contributed by atoms with van der Waals surface area (Å²) in [6.07, 6.45) is 1.05. The molecule has 7 heteroatoms. The third-order valence-corrected chi connectivity index (χ3v) is 5.05. The Bertz CT molecular complexity index is 883. The minimum absolute atomic E-state index is 0.296. The zero-order chi connectivity index (χ0) is 20.9. The summed E-state index contributed by atoms with van der Waals surface area (Å²) >= 11 is 0. The lowest BCUT2D eigenvalue weighted by Gasteiger charge is -2.21. The van der Waals surface area contributed by atoms with Crippen molar-refractivity contribution in [2.45, 2.75) is 31.8 Å². The van der Waals surface area contributed by atoms with Crippen molar-refractivity contribution in [3.63, 3.8) is 0 Å². The average molecular weight is 395 g/mol. The monoisotopic (exact) mass is 395 g/mol. The number of aryl methyl sites for hydroxylation is 1. The number of imide groups is 1. The van der Waals surface area contributed by atoms with E-state index < -0.39 is 11.6 Å². The molecule has 0 unspecified atom stereocenters. The predicted octanol–water partition coefficient (Wildman–Crippen LogP) is 2.25. The predicted molar refractivity (Wildman–Crippen MR) is 108 cm³/mol. The number of carbonyl (C=O) groups is 3. The first kappa shape index (κ1) is 20.4. The lowest BCUT2D eigenvalue weighted by molar-refractivity contribution is -0.134. The maximum atomic E-state index is 12.8. The van der Waals surface area contributed by atoms with Crippen LogP contribution in [-0.4, -0.2) is 41.9 Å². The summed E-state index contributed by atoms with van der Waals surface area (Å²) in [7, 11) is 1.60. The summed E-state index contributed by atoms with van der Waals surface area (Å²) in [4.78, 5) is 38.3. The van der Waals surface area contributed by atoms with Gasteiger partial charge >= 0.3 is 6.03 Å². The highest BCUT2D eigenvalue weighted by Crippen LogP contribution is 2.24. The topological polar surface area (TPSA) is 87.7 Å². The molecule has 2 N–H and O–H groups in total. The van der Waals surface area contributed by atoms with Crippen molar-refractivity contribution < 1.29 is 19.1 Å². The van der Waals surface area contributed by atoms with Crippen molar-refractivity contribution in [3.05, 3.63) is 65.7 Å². The van der Waals surface area contributed by atoms with Crippen LogP contribution in [0.4, 0.5) is 4.79 Å². The van der Waals surface area contributed by atoms with Crippen molar-refractivity contribution in [2.75, 3.05) is 13.7 Å². The van der Waals surface area contributed by atoms with Gasteiger partial charge < -0.3 is 15.4 Å². The Morgan fingerprint density at radius 3 is 2.41 bits per heavy atom. The molecule has 2 aromatic rings. The maximum absolute atomic E-state index is 12.8. The first-order valence-corrected chi connectivity index (χ1v) is 9.49. The summed E-state index contributed by atoms with van der Waals surface area (Å²) in [6, 6.07) is 16.5. The highest BCUT2D eigenvalue weighted by molar-refractivity contribution is 6.08. The van der Waals surface area contributed by atoms with Crippen LogP contribution >= 0.6 is 0 Å². The minimum atomic E-state index is -1.03. The molecular weight excluding hydrogens is 370 g/mol. The normalized spacial score (nSPS) is 18.5. The maximum Gasteiger partial charge on any atom is 0.325 e. The van der Waals surface area contributed by atoms with E-state index >= 15 is 0 Å². The van der Waals surface area contributed by atoms with Gasteiger partial charge in [0.15, 0.2) is 0 Å². The molecule has 1 fully saturated rings. The van der Waals surface area contributed by atoms with Crippen LogP contribution in [0.25, 0.3) is 0 Å². The fourth-order valence-corrected chi connectivity index (χ4v) is 3.24. The first-order chi connectivity index (χ1) is 13.9. The Morgan fingerprint density at radius 2 is 1.76 bits per heavy atom. The molecule has 0 radical (unpaired) electrons. The Kier molecular flexibility index (Phi) is 6.16. The van der Waals surface area contributed by atoms with Gasteiger partial charge in [0.25, 0.3) is 5.91 Å². The van der Waals surface area contributed by atoms with E-state index in [0.29, 0.717) is 19.4 Å². The second kappa shape index (κ2) is 8.77. The van der Waals surface area contributed by atoms with Gasteiger partial charge in [-0.1, -0.05) is 42.5 Å². The number of amides is 4. The van der Waals surface area contributed by atoms with E-state index in [1.807, 2.05) is 54.6 Å². The van der Waals surface area contributed by atoms with E-state index in [1.54, 1.807) is 14.0 Å². The van der Waals surface area contributed by atoms with Crippen LogP contribution in [0, 0.1) is 0 Å². The number of hydrogen-bond acceptors (Lipinski definition) is 4. The van der Waals surface area contributed by atoms with Gasteiger partial charge in [0, 0.05) is 6.54 Å². The van der Waals surface area contributed by atoms with Crippen LogP contribution in [0.1, 0.15) is 24.5 Å². The molecule has 3 rings (SSSR count). The summed E-state index contributed by atoms with van der Waals surface area (Å²) in [5, 5.41) is 5.47. The van der Waals surface area contributed by atoms with Crippen LogP contribution in [-0.2, 0) is 22.6 Å². The largest absolute Gasteiger partial charge is 0.497 e. The second-order valence-corrected chi connectivity index (χ2v) is 7.26. The van der Waals surface area contributed by atoms with Crippen molar-refractivity contribution >= 4 is 17.8 Å². The number of methoxy groups -OCH3 is 1. The van der Waals surface area contributed by atoms with E-state index in [9.17, 15) is 14.4 Å². The molecular formula is C22H25N3O4. The van der Waals surface area contributed by atoms with Gasteiger partial charge in [0.1, 0.15) is 17.8 Å². The van der Waals surface area contributed by atoms with Gasteiger partial charge in [-0.15, -0.1) is 0 Å². The summed E-state index contributed by atoms with van der Waals surface area (Å²) in [5.41, 5.74) is 0.951. The summed E-state index contributed by atoms with van der Waals surface area (Å²) < 4.78 is 5.14. The number of hydrogen-bond donors (Lipinski definition) is 2. The Balaban J connectivity index is 1.55. The quantitative estimate of drug-likeness (QED) is 0.671. The Labute approximate surface area is 170 Å². The Hall–Kier alpha value is -3.35. The molecule has 1 atom stereocenters. The van der Waals surface area contributed by atoms with Gasteiger partial charge in [-0.3, -0.25) is 14.5 Å². The molecule has 0 bridgehead atoms. The fourth-order valence-electron chi connectivity index (χ4n) is 3.24. The van der Waals surface area contributed by atoms with Gasteiger partial charge in [-0.25, -0.2) is 4.79 Å². The number of carbonyl (C=O) groups excluding carboxylic acids is 3. The number of ether oxygens (including phenoxy) is 1. The number of benzene rings is 2. The molecule has 2 aromatic carbocycles. The van der Waals surface area contributed by atoms with Gasteiger partial charge in [0.05, 0.1) is 7.11 Å². The number of nitrogens with zero attached hydrogens (tertiary/aromatic N) is 1. The zero-order valence-electron chi connectivity index (χ0n) is 16.6. The number of nitrogens with one attached hydrogen (secondary N) is 2. The second-order valence-electron chi connectivity index (χ2n) is 7.26. The van der Waals surface area contributed by atoms with Crippen molar-refractivity contribution in [2.24, 2.45) is 0 Å². The average Bonchev–Trinajstić information content (AvgIpc) is 2.95. The highest BCUT2D eigenvalue weighted by Gasteiger charge is 2.47. The first-order valence-electron chi connectivity index (χ1n) is 9.49. The van der Waals surface area contributed by atoms with Crippen molar-refractivity contribution in [1.82, 2.24) is 15.5 Å². The zero-order valence-corrected chi connectivity index (χ0v) is 16.6. The lowest BCUT2D eigenvalue weighted by Crippen LogP contribution is -2.45. The molecule has 1 saturated heterocycles. The Morgan fingerprint density at radius 1 is 1.07 bits per heavy atom. The standard InChI is InChI=1S/C22H25N3O4/c1-22(13-12-16-8-10-18(29-2)11-9-16)20(27)25(21(28)24-22)15-19(26)23-14-17-6-4-3-5-7-17/h3-11H,12-15H2,1-2H3,(H,23,26)(H,24,28)/t22-/m0/s1. The molecule has 0 saturated carbocycles. The van der Waals surface area contributed by atoms with Crippen LogP contribution in [0.5, 0.6) is 5.75 Å². The molecule has 0 aliphatic carbocycles. The summed E-state index contributed by atoms with van der Waals surface area (Å²) in [5.74, 6) is 0.000489. The van der Waals surface area contributed by atoms with E-state index in [-0.39, 0.29) is 18.4 Å². The van der Waals surface area contributed by atoms with E-state index in [4.69, 9.17) is 4.74 Å². The molecule has 1 heterocycles. The third kappa shape index (κ3) is 4.93. The molecule has 0 spiro atoms. The van der Waals surface area contributed by atoms with E-state index in [0.717, 1.165) is 21.8 Å². The lowest BCUT2D eigenvalue weighted by atomic mass is 9.93. The van der Waals surface area contributed by atoms with E-state index in [1.165, 1.54) is 0 Å². The van der Waals surface area contributed by atoms with Gasteiger partial charge in [-0.05, 0) is 43.0 Å². The van der Waals surface area contributed by atoms with Crippen LogP contribution < -0.4 is 15.4 Å². The van der Waals surface area contributed by atoms with E-state index in [2.05, 4.69) is 10.6 Å². The van der Waals surface area contributed by atoms with Crippen molar-refractivity contribution in [3.8, 4) is 5.75 Å². The molecule has 1 aliphatic heterocycles.